The number of aromatic nitrogens is 2. The van der Waals surface area contributed by atoms with Crippen LogP contribution in [0.25, 0.3) is 0 Å². The van der Waals surface area contributed by atoms with Crippen LogP contribution in [0, 0.1) is 5.41 Å². The van der Waals surface area contributed by atoms with Gasteiger partial charge in [0.1, 0.15) is 36.4 Å². The Morgan fingerprint density at radius 1 is 1.48 bits per heavy atom. The molecule has 3 amide bonds. The second-order valence-electron chi connectivity index (χ2n) is 6.74. The van der Waals surface area contributed by atoms with Crippen LogP contribution in [0.5, 0.6) is 0 Å². The number of carbonyl (C=O) groups excluding carboxylic acids is 3. The van der Waals surface area contributed by atoms with Crippen molar-refractivity contribution in [3.63, 3.8) is 0 Å². The van der Waals surface area contributed by atoms with E-state index in [0.717, 1.165) is 11.8 Å². The molecule has 31 heavy (non-hydrogen) atoms. The largest absolute Gasteiger partial charge is 0.481 e. The zero-order valence-corrected chi connectivity index (χ0v) is 17.0. The van der Waals surface area contributed by atoms with Crippen LogP contribution in [0.15, 0.2) is 17.4 Å². The van der Waals surface area contributed by atoms with Crippen LogP contribution in [0.1, 0.15) is 5.82 Å². The fraction of sp³-hybridized carbons (Fsp3) is 0.438. The van der Waals surface area contributed by atoms with E-state index in [0.29, 0.717) is 0 Å². The molecule has 3 heterocycles. The molecule has 15 heteroatoms. The van der Waals surface area contributed by atoms with Crippen molar-refractivity contribution in [2.75, 3.05) is 31.7 Å². The minimum atomic E-state index is -1.50. The van der Waals surface area contributed by atoms with E-state index in [1.807, 2.05) is 0 Å². The van der Waals surface area contributed by atoms with Crippen molar-refractivity contribution in [2.24, 2.45) is 16.3 Å². The molecule has 6 N–H and O–H groups in total. The number of anilines is 1. The van der Waals surface area contributed by atoms with Crippen molar-refractivity contribution >= 4 is 47.2 Å². The molecule has 3 rings (SSSR count). The van der Waals surface area contributed by atoms with Gasteiger partial charge in [0.2, 0.25) is 11.6 Å². The molecule has 0 aromatic carbocycles. The average Bonchev–Trinajstić information content (AvgIpc) is 2.73. The standard InChI is InChI=1S/C16H19N7O7S/c1-29-22-8(10-19-3-2-7(17)20-10)11(24)21-9-12(25)23-4-16(14(26)27,5-30-15(18)28)6-31-13(9)23/h2-3,9,13H,4-6H2,1H3,(H2,18,28)(H,21,24)(H,26,27)(H2,17,19,20)/t9?,13-,16?/m1/s1. The zero-order chi connectivity index (χ0) is 22.8. The molecule has 166 valence electrons. The SMILES string of the molecule is CON=C(C(=O)NC1C(=O)N2CC(COC(N)=O)(C(=O)O)CS[C@H]12)c1nccc(N)n1. The summed E-state index contributed by atoms with van der Waals surface area (Å²) >= 11 is 1.13. The number of hydrogen-bond donors (Lipinski definition) is 4. The monoisotopic (exact) mass is 453 g/mol. The number of fused-ring (bicyclic) bond motifs is 1. The van der Waals surface area contributed by atoms with Gasteiger partial charge >= 0.3 is 12.1 Å². The van der Waals surface area contributed by atoms with Crippen molar-refractivity contribution < 1.29 is 33.9 Å². The molecule has 1 aromatic heterocycles. The summed E-state index contributed by atoms with van der Waals surface area (Å²) in [5.74, 6) is -2.44. The van der Waals surface area contributed by atoms with Crippen LogP contribution in [0.4, 0.5) is 10.6 Å². The summed E-state index contributed by atoms with van der Waals surface area (Å²) in [6, 6.07) is 0.499. The van der Waals surface area contributed by atoms with Gasteiger partial charge in [-0.2, -0.15) is 0 Å². The highest BCUT2D eigenvalue weighted by Crippen LogP contribution is 2.42. The smallest absolute Gasteiger partial charge is 0.404 e. The summed E-state index contributed by atoms with van der Waals surface area (Å²) in [7, 11) is 1.23. The van der Waals surface area contributed by atoms with E-state index in [4.69, 9.17) is 11.5 Å². The van der Waals surface area contributed by atoms with Crippen LogP contribution in [-0.2, 0) is 24.0 Å². The van der Waals surface area contributed by atoms with E-state index in [2.05, 4.69) is 30.0 Å². The number of nitrogens with zero attached hydrogens (tertiary/aromatic N) is 4. The van der Waals surface area contributed by atoms with Crippen LogP contribution < -0.4 is 16.8 Å². The normalized spacial score (nSPS) is 25.1. The molecule has 2 saturated heterocycles. The van der Waals surface area contributed by atoms with E-state index >= 15 is 0 Å². The molecule has 1 aromatic rings. The quantitative estimate of drug-likeness (QED) is 0.201. The number of hydrogen-bond acceptors (Lipinski definition) is 11. The van der Waals surface area contributed by atoms with Gasteiger partial charge in [0.05, 0.1) is 0 Å². The fourth-order valence-electron chi connectivity index (χ4n) is 3.09. The number of nitrogens with two attached hydrogens (primary N) is 2. The molecule has 2 aliphatic heterocycles. The van der Waals surface area contributed by atoms with Crippen molar-refractivity contribution in [3.05, 3.63) is 18.1 Å². The third-order valence-electron chi connectivity index (χ3n) is 4.66. The van der Waals surface area contributed by atoms with Crippen molar-refractivity contribution in [3.8, 4) is 0 Å². The van der Waals surface area contributed by atoms with Gasteiger partial charge in [-0.3, -0.25) is 14.4 Å². The molecular formula is C16H19N7O7S. The molecule has 2 fully saturated rings. The number of carboxylic acids is 1. The maximum atomic E-state index is 12.7. The van der Waals surface area contributed by atoms with Crippen LogP contribution >= 0.6 is 11.8 Å². The first-order valence-electron chi connectivity index (χ1n) is 8.77. The maximum Gasteiger partial charge on any atom is 0.404 e. The number of ether oxygens (including phenoxy) is 1. The summed E-state index contributed by atoms with van der Waals surface area (Å²) in [4.78, 5) is 61.8. The molecular weight excluding hydrogens is 434 g/mol. The number of primary amides is 1. The summed E-state index contributed by atoms with van der Waals surface area (Å²) in [6.45, 7) is -0.675. The lowest BCUT2D eigenvalue weighted by molar-refractivity contribution is -0.160. The lowest BCUT2D eigenvalue weighted by atomic mass is 9.88. The minimum Gasteiger partial charge on any atom is -0.481 e. The lowest BCUT2D eigenvalue weighted by Crippen LogP contribution is -2.74. The van der Waals surface area contributed by atoms with Gasteiger partial charge < -0.3 is 36.4 Å². The highest BCUT2D eigenvalue weighted by Gasteiger charge is 2.58. The average molecular weight is 453 g/mol. The second kappa shape index (κ2) is 8.63. The fourth-order valence-corrected chi connectivity index (χ4v) is 4.61. The number of oxime groups is 1. The zero-order valence-electron chi connectivity index (χ0n) is 16.2. The van der Waals surface area contributed by atoms with Gasteiger partial charge in [-0.25, -0.2) is 14.8 Å². The molecule has 0 spiro atoms. The number of aliphatic carboxylic acids is 1. The van der Waals surface area contributed by atoms with E-state index < -0.39 is 47.3 Å². The van der Waals surface area contributed by atoms with Gasteiger partial charge in [0.25, 0.3) is 5.91 Å². The van der Waals surface area contributed by atoms with Crippen LogP contribution in [0.3, 0.4) is 0 Å². The van der Waals surface area contributed by atoms with Crippen molar-refractivity contribution in [2.45, 2.75) is 11.4 Å². The van der Waals surface area contributed by atoms with E-state index in [1.165, 1.54) is 24.3 Å². The maximum absolute atomic E-state index is 12.7. The number of rotatable bonds is 7. The minimum absolute atomic E-state index is 0.0355. The first-order valence-corrected chi connectivity index (χ1v) is 9.82. The van der Waals surface area contributed by atoms with E-state index in [9.17, 15) is 24.3 Å². The van der Waals surface area contributed by atoms with Crippen LogP contribution in [0.2, 0.25) is 0 Å². The molecule has 0 saturated carbocycles. The Morgan fingerprint density at radius 3 is 2.84 bits per heavy atom. The third kappa shape index (κ3) is 4.30. The molecule has 2 aliphatic rings. The van der Waals surface area contributed by atoms with Gasteiger partial charge in [-0.1, -0.05) is 5.16 Å². The number of carboxylic acid groups (broad SMARTS) is 1. The summed E-state index contributed by atoms with van der Waals surface area (Å²) in [5.41, 5.74) is 8.75. The lowest BCUT2D eigenvalue weighted by Gasteiger charge is -2.53. The molecule has 0 radical (unpaired) electrons. The number of amides is 3. The van der Waals surface area contributed by atoms with Crippen molar-refractivity contribution in [1.29, 1.82) is 0 Å². The molecule has 0 aliphatic carbocycles. The Labute approximate surface area is 179 Å². The Balaban J connectivity index is 1.71. The molecule has 14 nitrogen and oxygen atoms in total. The Hall–Kier alpha value is -3.62. The van der Waals surface area contributed by atoms with E-state index in [1.54, 1.807) is 0 Å². The summed E-state index contributed by atoms with van der Waals surface area (Å²) < 4.78 is 4.68. The first-order chi connectivity index (χ1) is 14.7. The van der Waals surface area contributed by atoms with Gasteiger partial charge in [-0.15, -0.1) is 11.8 Å². The predicted octanol–water partition coefficient (Wildman–Crippen LogP) is -2.02. The summed E-state index contributed by atoms with van der Waals surface area (Å²) in [5, 5.41) is 15.2. The Kier molecular flexibility index (Phi) is 6.14. The topological polar surface area (TPSA) is 212 Å². The first kappa shape index (κ1) is 22.1. The highest BCUT2D eigenvalue weighted by atomic mass is 32.2. The molecule has 3 atom stereocenters. The van der Waals surface area contributed by atoms with E-state index in [-0.39, 0.29) is 29.7 Å². The number of thioether (sulfide) groups is 1. The highest BCUT2D eigenvalue weighted by molar-refractivity contribution is 8.00. The van der Waals surface area contributed by atoms with Gasteiger partial charge in [0.15, 0.2) is 5.82 Å². The number of β-lactam (4-membered cyclic amide) rings is 1. The predicted molar refractivity (Wildman–Crippen MR) is 105 cm³/mol. The molecule has 2 unspecified atom stereocenters. The van der Waals surface area contributed by atoms with Gasteiger partial charge in [0, 0.05) is 18.5 Å². The third-order valence-corrected chi connectivity index (χ3v) is 6.25. The number of nitrogens with one attached hydrogen (secondary N) is 1. The number of nitrogen functional groups attached to an aromatic ring is 1. The van der Waals surface area contributed by atoms with Crippen molar-refractivity contribution in [1.82, 2.24) is 20.2 Å². The number of carbonyl (C=O) groups is 4. The Bertz CT molecular complexity index is 958. The van der Waals surface area contributed by atoms with Gasteiger partial charge in [-0.05, 0) is 6.07 Å². The Morgan fingerprint density at radius 2 is 2.23 bits per heavy atom. The van der Waals surface area contributed by atoms with Crippen LogP contribution in [-0.4, -0.2) is 87.0 Å². The summed E-state index contributed by atoms with van der Waals surface area (Å²) in [6.07, 6.45) is 0.227. The second-order valence-corrected chi connectivity index (χ2v) is 7.84. The molecule has 0 bridgehead atoms.